The molecule has 0 aliphatic rings. The van der Waals surface area contributed by atoms with E-state index < -0.39 is 12.1 Å². The van der Waals surface area contributed by atoms with Gasteiger partial charge in [-0.3, -0.25) is 0 Å². The van der Waals surface area contributed by atoms with E-state index in [2.05, 4.69) is 20.8 Å². The van der Waals surface area contributed by atoms with E-state index in [0.717, 1.165) is 38.5 Å². The van der Waals surface area contributed by atoms with Crippen LogP contribution >= 0.6 is 0 Å². The van der Waals surface area contributed by atoms with Gasteiger partial charge in [0.1, 0.15) is 6.10 Å². The van der Waals surface area contributed by atoms with Crippen molar-refractivity contribution in [1.82, 2.24) is 0 Å². The monoisotopic (exact) mass is 470 g/mol. The van der Waals surface area contributed by atoms with E-state index in [-0.39, 0.29) is 25.8 Å². The molecule has 0 amide bonds. The second-order valence-electron chi connectivity index (χ2n) is 5.16. The van der Waals surface area contributed by atoms with E-state index in [0.29, 0.717) is 26.2 Å². The van der Waals surface area contributed by atoms with E-state index >= 15 is 0 Å². The summed E-state index contributed by atoms with van der Waals surface area (Å²) in [6.07, 6.45) is 6.16. The molecule has 1 unspecified atom stereocenters. The molecule has 0 aromatic carbocycles. The maximum absolute atomic E-state index is 10.7. The minimum Gasteiger partial charge on any atom is -0.370 e. The van der Waals surface area contributed by atoms with Gasteiger partial charge in [0.05, 0.1) is 13.2 Å². The smallest absolute Gasteiger partial charge is 0.308 e. The predicted octanol–water partition coefficient (Wildman–Crippen LogP) is 3.86. The largest absolute Gasteiger partial charge is 0.370 e. The number of hydrogen-bond acceptors (Lipinski definition) is 4. The summed E-state index contributed by atoms with van der Waals surface area (Å²) in [7, 11) is 0. The fraction of sp³-hybridized carbons (Fsp3) is 1.00. The summed E-state index contributed by atoms with van der Waals surface area (Å²) in [5.74, 6) is -1.60. The van der Waals surface area contributed by atoms with E-state index in [1.54, 1.807) is 0 Å². The molecule has 0 saturated heterocycles. The van der Waals surface area contributed by atoms with Crippen LogP contribution in [0.3, 0.4) is 0 Å². The van der Waals surface area contributed by atoms with Crippen molar-refractivity contribution >= 4 is 0 Å². The Balaban J connectivity index is 0. The summed E-state index contributed by atoms with van der Waals surface area (Å²) >= 11 is 0. The second-order valence-corrected chi connectivity index (χ2v) is 5.16. The molecular weight excluding hydrogens is 435 g/mol. The van der Waals surface area contributed by atoms with Crippen molar-refractivity contribution in [2.24, 2.45) is 0 Å². The number of rotatable bonds is 14. The molecule has 0 radical (unpaired) electrons. The van der Waals surface area contributed by atoms with Crippen molar-refractivity contribution in [2.75, 3.05) is 19.8 Å². The van der Waals surface area contributed by atoms with Crippen molar-refractivity contribution in [2.45, 2.75) is 84.7 Å². The van der Waals surface area contributed by atoms with Gasteiger partial charge in [0.2, 0.25) is 0 Å². The topological polar surface area (TPSA) is 47.9 Å². The van der Waals surface area contributed by atoms with Crippen LogP contribution in [0.1, 0.15) is 72.6 Å². The molecule has 0 heterocycles. The molecule has 126 valence electrons. The van der Waals surface area contributed by atoms with Crippen LogP contribution < -0.4 is 0 Å². The van der Waals surface area contributed by atoms with Gasteiger partial charge in [0.25, 0.3) is 0 Å². The Morgan fingerprint density at radius 3 is 1.62 bits per heavy atom. The fourth-order valence-electron chi connectivity index (χ4n) is 1.80. The molecule has 0 aromatic heterocycles. The number of hydrogen-bond donors (Lipinski definition) is 1. The maximum atomic E-state index is 10.7. The zero-order valence-electron chi connectivity index (χ0n) is 14.3. The third-order valence-corrected chi connectivity index (χ3v) is 3.21. The Hall–Kier alpha value is 0.710. The van der Waals surface area contributed by atoms with Crippen LogP contribution in [0.4, 0.5) is 0 Å². The van der Waals surface area contributed by atoms with Crippen LogP contribution in [0.25, 0.3) is 0 Å². The first-order valence-corrected chi connectivity index (χ1v) is 8.26. The van der Waals surface area contributed by atoms with Crippen LogP contribution in [0.15, 0.2) is 0 Å². The number of aliphatic hydroxyl groups is 1. The molecule has 1 atom stereocenters. The van der Waals surface area contributed by atoms with Crippen molar-refractivity contribution in [3.8, 4) is 0 Å². The Bertz CT molecular complexity index is 204. The van der Waals surface area contributed by atoms with Gasteiger partial charge in [0.15, 0.2) is 0 Å². The maximum Gasteiger partial charge on any atom is 0.308 e. The molecule has 0 aliphatic heterocycles. The molecule has 5 heteroatoms. The number of ether oxygens (including phenoxy) is 3. The molecule has 21 heavy (non-hydrogen) atoms. The molecule has 0 bridgehead atoms. The zero-order chi connectivity index (χ0) is 15.3. The average molecular weight is 469 g/mol. The minimum absolute atomic E-state index is 0. The molecule has 0 aliphatic carbocycles. The van der Waals surface area contributed by atoms with E-state index in [4.69, 9.17) is 14.2 Å². The first kappa shape index (κ1) is 24.0. The van der Waals surface area contributed by atoms with Gasteiger partial charge in [-0.05, 0) is 25.7 Å². The van der Waals surface area contributed by atoms with Crippen LogP contribution in [0.5, 0.6) is 0 Å². The zero-order valence-corrected chi connectivity index (χ0v) is 17.9. The predicted molar refractivity (Wildman–Crippen MR) is 81.6 cm³/mol. The summed E-state index contributed by atoms with van der Waals surface area (Å²) in [6, 6.07) is 0. The summed E-state index contributed by atoms with van der Waals surface area (Å²) < 4.78 is 17.0. The van der Waals surface area contributed by atoms with Gasteiger partial charge >= 0.3 is 5.97 Å². The van der Waals surface area contributed by atoms with Gasteiger partial charge in [-0.2, -0.15) is 0 Å². The van der Waals surface area contributed by atoms with Gasteiger partial charge in [-0.1, -0.05) is 47.0 Å². The quantitative estimate of drug-likeness (QED) is 0.239. The van der Waals surface area contributed by atoms with Gasteiger partial charge in [-0.25, -0.2) is 0 Å². The SMILES string of the molecule is CCCCOC(CC)C(O)(OCCCC)OCCCC.[Hf]. The molecule has 0 rings (SSSR count). The van der Waals surface area contributed by atoms with Crippen LogP contribution in [-0.4, -0.2) is 37.0 Å². The Labute approximate surface area is 149 Å². The molecule has 0 fully saturated rings. The summed E-state index contributed by atoms with van der Waals surface area (Å²) in [6.45, 7) is 9.90. The summed E-state index contributed by atoms with van der Waals surface area (Å²) in [5.41, 5.74) is 0. The van der Waals surface area contributed by atoms with Crippen molar-refractivity contribution < 1.29 is 45.2 Å². The molecule has 0 aromatic rings. The number of unbranched alkanes of at least 4 members (excludes halogenated alkanes) is 3. The fourth-order valence-corrected chi connectivity index (χ4v) is 1.80. The van der Waals surface area contributed by atoms with Crippen LogP contribution in [-0.2, 0) is 40.1 Å². The van der Waals surface area contributed by atoms with E-state index in [1.807, 2.05) is 6.92 Å². The molecular formula is C16H34HfO4. The van der Waals surface area contributed by atoms with Crippen LogP contribution in [0, 0.1) is 0 Å². The molecule has 0 saturated carbocycles. The first-order valence-electron chi connectivity index (χ1n) is 8.26. The third-order valence-electron chi connectivity index (χ3n) is 3.21. The Kier molecular flexibility index (Phi) is 17.8. The summed E-state index contributed by atoms with van der Waals surface area (Å²) in [5, 5.41) is 10.7. The minimum atomic E-state index is -1.60. The third kappa shape index (κ3) is 11.0. The summed E-state index contributed by atoms with van der Waals surface area (Å²) in [4.78, 5) is 0. The van der Waals surface area contributed by atoms with Gasteiger partial charge in [-0.15, -0.1) is 0 Å². The molecule has 4 nitrogen and oxygen atoms in total. The van der Waals surface area contributed by atoms with Gasteiger partial charge in [0, 0.05) is 32.5 Å². The molecule has 1 N–H and O–H groups in total. The van der Waals surface area contributed by atoms with E-state index in [9.17, 15) is 5.11 Å². The van der Waals surface area contributed by atoms with Gasteiger partial charge < -0.3 is 19.3 Å². The van der Waals surface area contributed by atoms with Crippen LogP contribution in [0.2, 0.25) is 0 Å². The Morgan fingerprint density at radius 2 is 1.24 bits per heavy atom. The van der Waals surface area contributed by atoms with Crippen molar-refractivity contribution in [3.05, 3.63) is 0 Å². The standard InChI is InChI=1S/C16H34O4.Hf/c1-5-9-12-18-15(8-4)16(17,19-13-10-6-2)20-14-11-7-3;/h15,17H,5-14H2,1-4H3;. The first-order chi connectivity index (χ1) is 9.64. The average Bonchev–Trinajstić information content (AvgIpc) is 2.44. The second kappa shape index (κ2) is 15.6. The van der Waals surface area contributed by atoms with Crippen molar-refractivity contribution in [1.29, 1.82) is 0 Å². The molecule has 0 spiro atoms. The normalized spacial score (nSPS) is 13.0. The Morgan fingerprint density at radius 1 is 0.810 bits per heavy atom. The van der Waals surface area contributed by atoms with E-state index in [1.165, 1.54) is 0 Å². The van der Waals surface area contributed by atoms with Crippen molar-refractivity contribution in [3.63, 3.8) is 0 Å².